The second-order valence-corrected chi connectivity index (χ2v) is 7.98. The van der Waals surface area contributed by atoms with Crippen molar-refractivity contribution in [2.45, 2.75) is 44.8 Å². The van der Waals surface area contributed by atoms with Gasteiger partial charge in [-0.3, -0.25) is 14.6 Å². The van der Waals surface area contributed by atoms with Gasteiger partial charge in [-0.15, -0.1) is 0 Å². The molecule has 1 saturated heterocycles. The molecule has 6 heteroatoms. The van der Waals surface area contributed by atoms with Gasteiger partial charge < -0.3 is 15.3 Å². The fraction of sp³-hybridized carbons (Fsp3) is 0.944. The number of rotatable bonds is 7. The molecule has 1 saturated carbocycles. The van der Waals surface area contributed by atoms with Crippen molar-refractivity contribution >= 4 is 5.91 Å². The third-order valence-electron chi connectivity index (χ3n) is 5.38. The van der Waals surface area contributed by atoms with Gasteiger partial charge in [0.15, 0.2) is 0 Å². The average molecular weight is 341 g/mol. The van der Waals surface area contributed by atoms with Crippen LogP contribution in [0.2, 0.25) is 0 Å². The van der Waals surface area contributed by atoms with E-state index < -0.39 is 6.10 Å². The highest BCUT2D eigenvalue weighted by molar-refractivity contribution is 5.78. The zero-order valence-corrected chi connectivity index (χ0v) is 15.7. The van der Waals surface area contributed by atoms with E-state index in [4.69, 9.17) is 0 Å². The largest absolute Gasteiger partial charge is 0.390 e. The Hall–Kier alpha value is -0.690. The highest BCUT2D eigenvalue weighted by atomic mass is 16.3. The monoisotopic (exact) mass is 340 g/mol. The summed E-state index contributed by atoms with van der Waals surface area (Å²) in [5, 5.41) is 13.4. The summed E-state index contributed by atoms with van der Waals surface area (Å²) in [6.07, 6.45) is 4.22. The Balaban J connectivity index is 1.61. The van der Waals surface area contributed by atoms with Crippen molar-refractivity contribution in [3.05, 3.63) is 0 Å². The first kappa shape index (κ1) is 19.6. The van der Waals surface area contributed by atoms with Crippen molar-refractivity contribution in [3.63, 3.8) is 0 Å². The molecule has 0 bridgehead atoms. The van der Waals surface area contributed by atoms with E-state index in [0.29, 0.717) is 25.7 Å². The minimum absolute atomic E-state index is 0.0869. The third kappa shape index (κ3) is 7.05. The molecular formula is C18H36N4O2. The molecule has 2 aliphatic rings. The van der Waals surface area contributed by atoms with Crippen molar-refractivity contribution in [2.24, 2.45) is 5.92 Å². The topological polar surface area (TPSA) is 59.1 Å². The van der Waals surface area contributed by atoms with Gasteiger partial charge in [0.25, 0.3) is 0 Å². The van der Waals surface area contributed by atoms with Crippen LogP contribution in [0.1, 0.15) is 32.6 Å². The molecular weight excluding hydrogens is 304 g/mol. The van der Waals surface area contributed by atoms with Crippen molar-refractivity contribution in [1.82, 2.24) is 20.0 Å². The maximum atomic E-state index is 12.2. The molecule has 6 nitrogen and oxygen atoms in total. The molecule has 2 fully saturated rings. The van der Waals surface area contributed by atoms with Crippen molar-refractivity contribution in [3.8, 4) is 0 Å². The Morgan fingerprint density at radius 2 is 1.83 bits per heavy atom. The Kier molecular flexibility index (Phi) is 7.94. The number of likely N-dealkylation sites (N-methyl/N-ethyl adjacent to an activating group) is 2. The number of carbonyl (C=O) groups excluding carboxylic acids is 1. The van der Waals surface area contributed by atoms with E-state index in [0.717, 1.165) is 44.9 Å². The highest BCUT2D eigenvalue weighted by Crippen LogP contribution is 2.23. The molecule has 1 aliphatic heterocycles. The van der Waals surface area contributed by atoms with Gasteiger partial charge in [0.05, 0.1) is 12.6 Å². The Morgan fingerprint density at radius 3 is 2.46 bits per heavy atom. The van der Waals surface area contributed by atoms with Gasteiger partial charge in [0.1, 0.15) is 0 Å². The standard InChI is InChI=1S/C18H36N4O2/c1-15-4-6-16(7-5-15)19-18(24)14-21(3)12-17(23)13-22-10-8-20(2)9-11-22/h15-17,23H,4-14H2,1-3H3,(H,19,24). The molecule has 2 rings (SSSR count). The van der Waals surface area contributed by atoms with Crippen molar-refractivity contribution in [2.75, 3.05) is 59.9 Å². The Bertz CT molecular complexity index is 377. The summed E-state index contributed by atoms with van der Waals surface area (Å²) < 4.78 is 0. The number of carbonyl (C=O) groups is 1. The summed E-state index contributed by atoms with van der Waals surface area (Å²) in [6.45, 7) is 8.03. The van der Waals surface area contributed by atoms with Crippen LogP contribution in [-0.2, 0) is 4.79 Å². The quantitative estimate of drug-likeness (QED) is 0.694. The minimum atomic E-state index is -0.401. The number of β-amino-alcohol motifs (C(OH)–C–C–N with tert-alkyl or cyclic N) is 1. The summed E-state index contributed by atoms with van der Waals surface area (Å²) in [5.74, 6) is 0.884. The Morgan fingerprint density at radius 1 is 1.21 bits per heavy atom. The molecule has 0 aromatic carbocycles. The summed E-state index contributed by atoms with van der Waals surface area (Å²) in [6, 6.07) is 0.345. The molecule has 0 spiro atoms. The normalized spacial score (nSPS) is 28.0. The van der Waals surface area contributed by atoms with Gasteiger partial charge in [-0.2, -0.15) is 0 Å². The molecule has 1 amide bonds. The SMILES string of the molecule is CC1CCC(NC(=O)CN(C)CC(O)CN2CCN(C)CC2)CC1. The minimum Gasteiger partial charge on any atom is -0.390 e. The zero-order chi connectivity index (χ0) is 17.5. The second-order valence-electron chi connectivity index (χ2n) is 7.98. The molecule has 140 valence electrons. The van der Waals surface area contributed by atoms with Crippen molar-refractivity contribution in [1.29, 1.82) is 0 Å². The molecule has 0 aromatic rings. The number of nitrogens with zero attached hydrogens (tertiary/aromatic N) is 3. The zero-order valence-electron chi connectivity index (χ0n) is 15.7. The van der Waals surface area contributed by atoms with Gasteiger partial charge in [0.2, 0.25) is 5.91 Å². The van der Waals surface area contributed by atoms with Gasteiger partial charge in [0, 0.05) is 45.3 Å². The van der Waals surface area contributed by atoms with E-state index >= 15 is 0 Å². The molecule has 1 unspecified atom stereocenters. The maximum Gasteiger partial charge on any atom is 0.234 e. The van der Waals surface area contributed by atoms with Gasteiger partial charge in [-0.1, -0.05) is 6.92 Å². The maximum absolute atomic E-state index is 12.2. The summed E-state index contributed by atoms with van der Waals surface area (Å²) in [5.41, 5.74) is 0. The van der Waals surface area contributed by atoms with Crippen molar-refractivity contribution < 1.29 is 9.90 Å². The van der Waals surface area contributed by atoms with E-state index in [-0.39, 0.29) is 5.91 Å². The molecule has 24 heavy (non-hydrogen) atoms. The predicted octanol–water partition coefficient (Wildman–Crippen LogP) is 0.221. The number of piperazine rings is 1. The number of nitrogens with one attached hydrogen (secondary N) is 1. The molecule has 0 aromatic heterocycles. The lowest BCUT2D eigenvalue weighted by Crippen LogP contribution is -2.49. The van der Waals surface area contributed by atoms with E-state index in [2.05, 4.69) is 29.1 Å². The first-order chi connectivity index (χ1) is 11.4. The fourth-order valence-electron chi connectivity index (χ4n) is 3.73. The second kappa shape index (κ2) is 9.70. The lowest BCUT2D eigenvalue weighted by atomic mass is 9.87. The summed E-state index contributed by atoms with van der Waals surface area (Å²) >= 11 is 0. The lowest BCUT2D eigenvalue weighted by Gasteiger charge is -2.34. The molecule has 2 N–H and O–H groups in total. The number of aliphatic hydroxyl groups is 1. The number of hydrogen-bond donors (Lipinski definition) is 2. The average Bonchev–Trinajstić information content (AvgIpc) is 2.51. The third-order valence-corrected chi connectivity index (χ3v) is 5.38. The number of hydrogen-bond acceptors (Lipinski definition) is 5. The highest BCUT2D eigenvalue weighted by Gasteiger charge is 2.21. The molecule has 1 atom stereocenters. The van der Waals surface area contributed by atoms with Crippen LogP contribution in [0, 0.1) is 5.92 Å². The molecule has 0 radical (unpaired) electrons. The van der Waals surface area contributed by atoms with Crippen LogP contribution in [0.3, 0.4) is 0 Å². The molecule has 1 heterocycles. The van der Waals surface area contributed by atoms with E-state index in [1.807, 2.05) is 11.9 Å². The smallest absolute Gasteiger partial charge is 0.234 e. The molecule has 1 aliphatic carbocycles. The van der Waals surface area contributed by atoms with Gasteiger partial charge in [-0.05, 0) is 45.7 Å². The number of amides is 1. The van der Waals surface area contributed by atoms with Crippen LogP contribution in [0.4, 0.5) is 0 Å². The van der Waals surface area contributed by atoms with Gasteiger partial charge in [-0.25, -0.2) is 0 Å². The van der Waals surface area contributed by atoms with Crippen LogP contribution in [0.5, 0.6) is 0 Å². The Labute approximate surface area is 147 Å². The van der Waals surface area contributed by atoms with Crippen LogP contribution in [0.15, 0.2) is 0 Å². The van der Waals surface area contributed by atoms with Crippen LogP contribution in [-0.4, -0.2) is 97.8 Å². The number of aliphatic hydroxyl groups excluding tert-OH is 1. The van der Waals surface area contributed by atoms with Gasteiger partial charge >= 0.3 is 0 Å². The predicted molar refractivity (Wildman–Crippen MR) is 97.0 cm³/mol. The van der Waals surface area contributed by atoms with E-state index in [9.17, 15) is 9.90 Å². The first-order valence-electron chi connectivity index (χ1n) is 9.49. The first-order valence-corrected chi connectivity index (χ1v) is 9.49. The van der Waals surface area contributed by atoms with Crippen LogP contribution < -0.4 is 5.32 Å². The van der Waals surface area contributed by atoms with Crippen LogP contribution in [0.25, 0.3) is 0 Å². The lowest BCUT2D eigenvalue weighted by molar-refractivity contribution is -0.123. The summed E-state index contributed by atoms with van der Waals surface area (Å²) in [4.78, 5) is 18.7. The van der Waals surface area contributed by atoms with E-state index in [1.165, 1.54) is 12.8 Å². The van der Waals surface area contributed by atoms with E-state index in [1.54, 1.807) is 0 Å². The van der Waals surface area contributed by atoms with Crippen LogP contribution >= 0.6 is 0 Å². The fourth-order valence-corrected chi connectivity index (χ4v) is 3.73. The summed E-state index contributed by atoms with van der Waals surface area (Å²) in [7, 11) is 4.04.